The molecular weight excluding hydrogens is 701 g/mol. The predicted molar refractivity (Wildman–Crippen MR) is 230 cm³/mol. The minimum absolute atomic E-state index is 0.607. The molecule has 12 rings (SSSR count). The Morgan fingerprint density at radius 1 is 0.429 bits per heavy atom. The van der Waals surface area contributed by atoms with Crippen LogP contribution in [0.15, 0.2) is 204 Å². The number of anilines is 3. The van der Waals surface area contributed by atoms with Crippen LogP contribution in [0.1, 0.15) is 22.3 Å². The monoisotopic (exact) mass is 732 g/mol. The van der Waals surface area contributed by atoms with E-state index < -0.39 is 5.41 Å². The average Bonchev–Trinajstić information content (AvgIpc) is 3.59. The molecule has 2 aliphatic rings. The van der Waals surface area contributed by atoms with Gasteiger partial charge in [-0.15, -0.1) is 0 Å². The van der Waals surface area contributed by atoms with Crippen LogP contribution in [0.25, 0.3) is 49.9 Å². The molecule has 0 amide bonds. The second-order valence-corrected chi connectivity index (χ2v) is 15.6. The Balaban J connectivity index is 1.22. The van der Waals surface area contributed by atoms with Gasteiger partial charge in [-0.2, -0.15) is 0 Å². The van der Waals surface area contributed by atoms with Crippen LogP contribution in [0, 0.1) is 0 Å². The zero-order valence-electron chi connectivity index (χ0n) is 30.2. The van der Waals surface area contributed by atoms with Gasteiger partial charge >= 0.3 is 0 Å². The molecule has 1 spiro atoms. The van der Waals surface area contributed by atoms with Gasteiger partial charge in [-0.3, -0.25) is 4.57 Å². The molecule has 4 heterocycles. The summed E-state index contributed by atoms with van der Waals surface area (Å²) in [5, 5.41) is 3.39. The molecule has 0 unspecified atom stereocenters. The number of para-hydroxylation sites is 5. The Hall–Kier alpha value is -6.95. The third-order valence-corrected chi connectivity index (χ3v) is 12.8. The van der Waals surface area contributed by atoms with Crippen molar-refractivity contribution in [3.63, 3.8) is 0 Å². The van der Waals surface area contributed by atoms with Crippen LogP contribution in [0.3, 0.4) is 0 Å². The lowest BCUT2D eigenvalue weighted by atomic mass is 9.62. The van der Waals surface area contributed by atoms with E-state index in [-0.39, 0.29) is 0 Å². The lowest BCUT2D eigenvalue weighted by Crippen LogP contribution is -2.39. The van der Waals surface area contributed by atoms with Crippen molar-refractivity contribution in [2.75, 3.05) is 4.90 Å². The lowest BCUT2D eigenvalue weighted by molar-refractivity contribution is 0.693. The van der Waals surface area contributed by atoms with Gasteiger partial charge in [-0.05, 0) is 76.9 Å². The van der Waals surface area contributed by atoms with Gasteiger partial charge in [-0.1, -0.05) is 151 Å². The Bertz CT molecular complexity index is 3140. The first-order valence-corrected chi connectivity index (χ1v) is 19.8. The lowest BCUT2D eigenvalue weighted by Gasteiger charge is -2.49. The maximum Gasteiger partial charge on any atom is 0.235 e. The van der Waals surface area contributed by atoms with Crippen molar-refractivity contribution in [1.82, 2.24) is 14.5 Å². The van der Waals surface area contributed by atoms with E-state index in [1.165, 1.54) is 54.2 Å². The molecule has 4 nitrogen and oxygen atoms in total. The molecule has 0 aliphatic carbocycles. The minimum Gasteiger partial charge on any atom is -0.310 e. The fourth-order valence-electron chi connectivity index (χ4n) is 9.38. The van der Waals surface area contributed by atoms with Crippen LogP contribution in [-0.4, -0.2) is 14.5 Å². The maximum atomic E-state index is 5.42. The van der Waals surface area contributed by atoms with Crippen LogP contribution in [0.5, 0.6) is 0 Å². The summed E-state index contributed by atoms with van der Waals surface area (Å²) < 4.78 is 2.29. The Labute approximate surface area is 328 Å². The summed E-state index contributed by atoms with van der Waals surface area (Å²) in [4.78, 5) is 15.7. The number of nitrogens with zero attached hydrogens (tertiary/aromatic N) is 4. The summed E-state index contributed by atoms with van der Waals surface area (Å²) in [7, 11) is 0. The van der Waals surface area contributed by atoms with Crippen molar-refractivity contribution in [2.45, 2.75) is 15.2 Å². The highest BCUT2D eigenvalue weighted by Gasteiger charge is 2.50. The summed E-state index contributed by atoms with van der Waals surface area (Å²) in [6.45, 7) is 0. The molecular formula is C51H32N4S. The summed E-state index contributed by atoms with van der Waals surface area (Å²) in [6.07, 6.45) is 0. The van der Waals surface area contributed by atoms with E-state index in [1.54, 1.807) is 0 Å². The van der Waals surface area contributed by atoms with Crippen LogP contribution in [0.4, 0.5) is 17.1 Å². The summed E-state index contributed by atoms with van der Waals surface area (Å²) in [5.41, 5.74) is 13.0. The molecule has 5 heteroatoms. The first-order chi connectivity index (χ1) is 27.8. The van der Waals surface area contributed by atoms with E-state index in [2.05, 4.69) is 204 Å². The fourth-order valence-corrected chi connectivity index (χ4v) is 10.6. The minimum atomic E-state index is -0.607. The van der Waals surface area contributed by atoms with E-state index in [4.69, 9.17) is 9.97 Å². The quantitative estimate of drug-likeness (QED) is 0.181. The van der Waals surface area contributed by atoms with Crippen molar-refractivity contribution in [3.05, 3.63) is 216 Å². The Morgan fingerprint density at radius 2 is 1.04 bits per heavy atom. The number of fused-ring (bicyclic) bond motifs is 12. The first-order valence-electron chi connectivity index (χ1n) is 19.0. The number of hydrogen-bond donors (Lipinski definition) is 0. The fraction of sp³-hybridized carbons (Fsp3) is 0.0196. The zero-order valence-corrected chi connectivity index (χ0v) is 31.0. The van der Waals surface area contributed by atoms with E-state index in [1.807, 2.05) is 11.8 Å². The van der Waals surface area contributed by atoms with Gasteiger partial charge in [0, 0.05) is 37.2 Å². The largest absolute Gasteiger partial charge is 0.310 e. The van der Waals surface area contributed by atoms with Crippen molar-refractivity contribution in [1.29, 1.82) is 0 Å². The molecule has 10 aromatic rings. The molecule has 0 atom stereocenters. The normalized spacial score (nSPS) is 13.8. The first kappa shape index (κ1) is 31.4. The molecule has 56 heavy (non-hydrogen) atoms. The molecule has 0 fully saturated rings. The zero-order chi connectivity index (χ0) is 36.8. The summed E-state index contributed by atoms with van der Waals surface area (Å²) in [6, 6.07) is 70.2. The van der Waals surface area contributed by atoms with Crippen molar-refractivity contribution >= 4 is 61.5 Å². The third-order valence-electron chi connectivity index (χ3n) is 11.6. The van der Waals surface area contributed by atoms with Gasteiger partial charge in [0.25, 0.3) is 0 Å². The van der Waals surface area contributed by atoms with Crippen LogP contribution in [-0.2, 0) is 5.41 Å². The Kier molecular flexibility index (Phi) is 6.74. The second-order valence-electron chi connectivity index (χ2n) is 14.5. The van der Waals surface area contributed by atoms with Gasteiger partial charge in [0.1, 0.15) is 0 Å². The highest BCUT2D eigenvalue weighted by atomic mass is 32.2. The van der Waals surface area contributed by atoms with E-state index >= 15 is 0 Å². The molecule has 0 radical (unpaired) electrons. The molecule has 0 bridgehead atoms. The summed E-state index contributed by atoms with van der Waals surface area (Å²) in [5.74, 6) is 0.659. The number of rotatable bonds is 3. The number of hydrogen-bond acceptors (Lipinski definition) is 4. The van der Waals surface area contributed by atoms with E-state index in [9.17, 15) is 0 Å². The van der Waals surface area contributed by atoms with E-state index in [0.717, 1.165) is 38.9 Å². The van der Waals surface area contributed by atoms with Crippen molar-refractivity contribution < 1.29 is 0 Å². The average molecular weight is 733 g/mol. The maximum absolute atomic E-state index is 5.42. The molecule has 0 saturated heterocycles. The van der Waals surface area contributed by atoms with Gasteiger partial charge in [0.15, 0.2) is 0 Å². The number of aromatic nitrogens is 3. The molecule has 0 N–H and O–H groups in total. The predicted octanol–water partition coefficient (Wildman–Crippen LogP) is 13.0. The standard InChI is InChI=1S/C51H32N4S/c1-3-17-33(18-4-1)49-36-22-7-12-26-42(36)52-50(53-49)55-43-27-13-8-21-35(43)37-31-48-41(32-46(37)55)51(40-25-11-16-30-47(40)56-48)38-23-9-14-28-44(38)54(34-19-5-2-6-20-34)45-29-15-10-24-39(45)51/h1-32H. The second kappa shape index (κ2) is 12.0. The molecule has 262 valence electrons. The van der Waals surface area contributed by atoms with Gasteiger partial charge in [0.2, 0.25) is 5.95 Å². The van der Waals surface area contributed by atoms with Crippen molar-refractivity contribution in [3.8, 4) is 17.2 Å². The van der Waals surface area contributed by atoms with Gasteiger partial charge < -0.3 is 4.90 Å². The smallest absolute Gasteiger partial charge is 0.235 e. The van der Waals surface area contributed by atoms with E-state index in [0.29, 0.717) is 5.95 Å². The van der Waals surface area contributed by atoms with Crippen molar-refractivity contribution in [2.24, 2.45) is 0 Å². The Morgan fingerprint density at radius 3 is 1.80 bits per heavy atom. The highest BCUT2D eigenvalue weighted by Crippen LogP contribution is 2.63. The molecule has 2 aromatic heterocycles. The number of benzene rings is 8. The summed E-state index contributed by atoms with van der Waals surface area (Å²) >= 11 is 1.87. The third kappa shape index (κ3) is 4.32. The molecule has 0 saturated carbocycles. The molecule has 8 aromatic carbocycles. The van der Waals surface area contributed by atoms with Crippen LogP contribution in [0.2, 0.25) is 0 Å². The highest BCUT2D eigenvalue weighted by molar-refractivity contribution is 7.99. The topological polar surface area (TPSA) is 34.0 Å². The van der Waals surface area contributed by atoms with Gasteiger partial charge in [0.05, 0.1) is 39.0 Å². The van der Waals surface area contributed by atoms with Gasteiger partial charge in [-0.25, -0.2) is 9.97 Å². The molecule has 2 aliphatic heterocycles. The van der Waals surface area contributed by atoms with Crippen LogP contribution < -0.4 is 4.90 Å². The SMILES string of the molecule is c1ccc(-c2nc(-n3c4ccccc4c4cc5c(cc43)C3(c4ccccc4S5)c4ccccc4N(c4ccccc4)c4ccccc43)nc3ccccc23)cc1. The van der Waals surface area contributed by atoms with Crippen LogP contribution >= 0.6 is 11.8 Å².